The molecule has 0 radical (unpaired) electrons. The highest BCUT2D eigenvalue weighted by molar-refractivity contribution is 5.87. The lowest BCUT2D eigenvalue weighted by Crippen LogP contribution is -2.43. The molecule has 3 aromatic rings. The van der Waals surface area contributed by atoms with Crippen LogP contribution < -0.4 is 10.6 Å². The fourth-order valence-electron chi connectivity index (χ4n) is 3.84. The van der Waals surface area contributed by atoms with Gasteiger partial charge in [-0.2, -0.15) is 5.10 Å². The maximum atomic E-state index is 13.8. The molecule has 1 aromatic carbocycles. The highest BCUT2D eigenvalue weighted by Crippen LogP contribution is 2.29. The van der Waals surface area contributed by atoms with Crippen LogP contribution in [0.2, 0.25) is 0 Å². The Bertz CT molecular complexity index is 1090. The number of benzene rings is 1. The van der Waals surface area contributed by atoms with E-state index in [1.54, 1.807) is 23.1 Å². The number of H-pyrrole nitrogens is 1. The van der Waals surface area contributed by atoms with Crippen LogP contribution >= 0.6 is 0 Å². The Hall–Kier alpha value is -3.49. The van der Waals surface area contributed by atoms with Gasteiger partial charge >= 0.3 is 0 Å². The Kier molecular flexibility index (Phi) is 6.11. The number of anilines is 1. The van der Waals surface area contributed by atoms with Gasteiger partial charge in [0.15, 0.2) is 11.5 Å². The van der Waals surface area contributed by atoms with Crippen LogP contribution in [0.1, 0.15) is 36.9 Å². The molecule has 0 spiro atoms. The molecule has 0 saturated carbocycles. The summed E-state index contributed by atoms with van der Waals surface area (Å²) in [6, 6.07) is 10.6. The Morgan fingerprint density at radius 3 is 2.71 bits per heavy atom. The standard InChI is InChI=1S/C22H25FN6O2/c1-14(30)24-13-20(31)29-10-8-15(9-11-29)19-7-6-17-21(27-28-22(17)26-19)25-12-16-4-2-3-5-18(16)23/h2-7,15H,8-13H2,1H3,(H,24,30)(H2,25,26,27,28). The van der Waals surface area contributed by atoms with E-state index in [1.165, 1.54) is 13.0 Å². The molecule has 4 rings (SSSR count). The van der Waals surface area contributed by atoms with Crippen LogP contribution in [0.15, 0.2) is 36.4 Å². The first-order valence-corrected chi connectivity index (χ1v) is 10.4. The van der Waals surface area contributed by atoms with E-state index in [1.807, 2.05) is 12.1 Å². The highest BCUT2D eigenvalue weighted by atomic mass is 19.1. The molecule has 1 saturated heterocycles. The van der Waals surface area contributed by atoms with Crippen LogP contribution in [0.3, 0.4) is 0 Å². The molecule has 1 aliphatic rings. The van der Waals surface area contributed by atoms with Gasteiger partial charge in [0.25, 0.3) is 0 Å². The van der Waals surface area contributed by atoms with Crippen molar-refractivity contribution in [2.24, 2.45) is 0 Å². The van der Waals surface area contributed by atoms with E-state index in [0.29, 0.717) is 36.7 Å². The molecule has 31 heavy (non-hydrogen) atoms. The predicted octanol–water partition coefficient (Wildman–Crippen LogP) is 2.55. The molecule has 0 unspecified atom stereocenters. The van der Waals surface area contributed by atoms with Crippen LogP contribution in [0, 0.1) is 5.82 Å². The summed E-state index contributed by atoms with van der Waals surface area (Å²) >= 11 is 0. The molecule has 2 amide bonds. The summed E-state index contributed by atoms with van der Waals surface area (Å²) in [6.45, 7) is 3.06. The average molecular weight is 424 g/mol. The number of rotatable bonds is 6. The van der Waals surface area contributed by atoms with Gasteiger partial charge in [0, 0.05) is 43.7 Å². The third-order valence-electron chi connectivity index (χ3n) is 5.60. The van der Waals surface area contributed by atoms with Crippen LogP contribution in [0.5, 0.6) is 0 Å². The second kappa shape index (κ2) is 9.11. The molecule has 3 heterocycles. The normalized spacial score (nSPS) is 14.6. The number of halogens is 1. The Morgan fingerprint density at radius 2 is 1.97 bits per heavy atom. The zero-order chi connectivity index (χ0) is 21.8. The number of hydrogen-bond acceptors (Lipinski definition) is 5. The number of amides is 2. The maximum absolute atomic E-state index is 13.8. The monoisotopic (exact) mass is 424 g/mol. The molecule has 2 aromatic heterocycles. The molecule has 9 heteroatoms. The topological polar surface area (TPSA) is 103 Å². The summed E-state index contributed by atoms with van der Waals surface area (Å²) in [5.74, 6) is 0.374. The van der Waals surface area contributed by atoms with E-state index in [4.69, 9.17) is 4.98 Å². The minimum Gasteiger partial charge on any atom is -0.364 e. The highest BCUT2D eigenvalue weighted by Gasteiger charge is 2.25. The summed E-state index contributed by atoms with van der Waals surface area (Å²) in [5, 5.41) is 13.8. The minimum absolute atomic E-state index is 0.0427. The molecular formula is C22H25FN6O2. The lowest BCUT2D eigenvalue weighted by atomic mass is 9.93. The molecule has 1 aliphatic heterocycles. The number of nitrogens with one attached hydrogen (secondary N) is 3. The first-order valence-electron chi connectivity index (χ1n) is 10.4. The van der Waals surface area contributed by atoms with E-state index < -0.39 is 0 Å². The van der Waals surface area contributed by atoms with Gasteiger partial charge in [-0.05, 0) is 31.0 Å². The van der Waals surface area contributed by atoms with E-state index in [0.717, 1.165) is 23.9 Å². The van der Waals surface area contributed by atoms with E-state index in [2.05, 4.69) is 20.8 Å². The molecule has 0 aliphatic carbocycles. The summed E-state index contributed by atoms with van der Waals surface area (Å²) in [4.78, 5) is 29.7. The van der Waals surface area contributed by atoms with Gasteiger partial charge in [-0.1, -0.05) is 18.2 Å². The molecule has 0 bridgehead atoms. The number of fused-ring (bicyclic) bond motifs is 1. The van der Waals surface area contributed by atoms with Crippen molar-refractivity contribution in [2.75, 3.05) is 25.0 Å². The number of piperidine rings is 1. The molecule has 8 nitrogen and oxygen atoms in total. The lowest BCUT2D eigenvalue weighted by Gasteiger charge is -2.31. The van der Waals surface area contributed by atoms with Gasteiger partial charge in [0.05, 0.1) is 11.9 Å². The van der Waals surface area contributed by atoms with E-state index in [9.17, 15) is 14.0 Å². The fraction of sp³-hybridized carbons (Fsp3) is 0.364. The molecule has 1 fully saturated rings. The van der Waals surface area contributed by atoms with Crippen molar-refractivity contribution in [2.45, 2.75) is 32.2 Å². The van der Waals surface area contributed by atoms with Gasteiger partial charge in [0.2, 0.25) is 11.8 Å². The third kappa shape index (κ3) is 4.82. The number of pyridine rings is 1. The van der Waals surface area contributed by atoms with Crippen molar-refractivity contribution in [3.63, 3.8) is 0 Å². The number of hydrogen-bond donors (Lipinski definition) is 3. The summed E-state index contributed by atoms with van der Waals surface area (Å²) in [6.07, 6.45) is 1.63. The largest absolute Gasteiger partial charge is 0.364 e. The van der Waals surface area contributed by atoms with Crippen molar-refractivity contribution in [3.8, 4) is 0 Å². The number of aromatic nitrogens is 3. The first kappa shape index (κ1) is 20.8. The molecular weight excluding hydrogens is 399 g/mol. The first-order chi connectivity index (χ1) is 15.0. The second-order valence-corrected chi connectivity index (χ2v) is 7.71. The maximum Gasteiger partial charge on any atom is 0.241 e. The SMILES string of the molecule is CC(=O)NCC(=O)N1CCC(c2ccc3c(NCc4ccccc4F)n[nH]c3n2)CC1. The van der Waals surface area contributed by atoms with Gasteiger partial charge in [-0.3, -0.25) is 14.7 Å². The predicted molar refractivity (Wildman–Crippen MR) is 115 cm³/mol. The second-order valence-electron chi connectivity index (χ2n) is 7.71. The average Bonchev–Trinajstić information content (AvgIpc) is 3.19. The smallest absolute Gasteiger partial charge is 0.241 e. The summed E-state index contributed by atoms with van der Waals surface area (Å²) in [7, 11) is 0. The number of likely N-dealkylation sites (tertiary alicyclic amines) is 1. The Labute approximate surface area is 179 Å². The van der Waals surface area contributed by atoms with Crippen molar-refractivity contribution < 1.29 is 14.0 Å². The van der Waals surface area contributed by atoms with Crippen molar-refractivity contribution >= 4 is 28.7 Å². The Morgan fingerprint density at radius 1 is 1.19 bits per heavy atom. The van der Waals surface area contributed by atoms with E-state index in [-0.39, 0.29) is 30.1 Å². The molecule has 3 N–H and O–H groups in total. The van der Waals surface area contributed by atoms with Crippen molar-refractivity contribution in [3.05, 3.63) is 53.5 Å². The zero-order valence-corrected chi connectivity index (χ0v) is 17.3. The van der Waals surface area contributed by atoms with Gasteiger partial charge in [0.1, 0.15) is 5.82 Å². The number of nitrogens with zero attached hydrogens (tertiary/aromatic N) is 3. The molecule has 0 atom stereocenters. The molecule has 162 valence electrons. The van der Waals surface area contributed by atoms with Gasteiger partial charge in [-0.15, -0.1) is 0 Å². The van der Waals surface area contributed by atoms with Crippen LogP contribution in [0.25, 0.3) is 11.0 Å². The summed E-state index contributed by atoms with van der Waals surface area (Å²) in [5.41, 5.74) is 2.21. The van der Waals surface area contributed by atoms with Gasteiger partial charge < -0.3 is 15.5 Å². The van der Waals surface area contributed by atoms with E-state index >= 15 is 0 Å². The number of carbonyl (C=O) groups is 2. The summed E-state index contributed by atoms with van der Waals surface area (Å²) < 4.78 is 13.8. The van der Waals surface area contributed by atoms with Crippen LogP contribution in [0.4, 0.5) is 10.2 Å². The van der Waals surface area contributed by atoms with Crippen molar-refractivity contribution in [1.82, 2.24) is 25.4 Å². The quantitative estimate of drug-likeness (QED) is 0.564. The fourth-order valence-corrected chi connectivity index (χ4v) is 3.84. The lowest BCUT2D eigenvalue weighted by molar-refractivity contribution is -0.133. The van der Waals surface area contributed by atoms with Crippen LogP contribution in [-0.2, 0) is 16.1 Å². The zero-order valence-electron chi connectivity index (χ0n) is 17.3. The minimum atomic E-state index is -0.253. The number of aromatic amines is 1. The number of carbonyl (C=O) groups excluding carboxylic acids is 2. The van der Waals surface area contributed by atoms with Crippen molar-refractivity contribution in [1.29, 1.82) is 0 Å². The Balaban J connectivity index is 1.37. The third-order valence-corrected chi connectivity index (χ3v) is 5.60. The van der Waals surface area contributed by atoms with Crippen LogP contribution in [-0.4, -0.2) is 51.5 Å². The van der Waals surface area contributed by atoms with Gasteiger partial charge in [-0.25, -0.2) is 9.37 Å².